The molecule has 4 rings (SSSR count). The summed E-state index contributed by atoms with van der Waals surface area (Å²) in [5, 5.41) is 0. The highest BCUT2D eigenvalue weighted by molar-refractivity contribution is 5.39. The van der Waals surface area contributed by atoms with E-state index in [1.807, 2.05) is 25.1 Å². The van der Waals surface area contributed by atoms with Crippen LogP contribution in [0.15, 0.2) is 48.6 Å². The average Bonchev–Trinajstić information content (AvgIpc) is 2.68. The Hall–Kier alpha value is -2.30. The van der Waals surface area contributed by atoms with E-state index in [0.717, 1.165) is 36.5 Å². The van der Waals surface area contributed by atoms with Crippen molar-refractivity contribution in [1.82, 2.24) is 0 Å². The first-order valence-electron chi connectivity index (χ1n) is 10.1. The SMILES string of the molecule is C/C=C/[C@@H]1CC[C@H]2c3cc(F)cc(F)c3CC[C@@H]2[C@H]1c1ccc(OC(F)F)cc1. The van der Waals surface area contributed by atoms with Gasteiger partial charge in [0.05, 0.1) is 0 Å². The van der Waals surface area contributed by atoms with Crippen LogP contribution in [-0.2, 0) is 6.42 Å². The Morgan fingerprint density at radius 1 is 1.03 bits per heavy atom. The van der Waals surface area contributed by atoms with Crippen LogP contribution in [0.5, 0.6) is 5.75 Å². The zero-order valence-electron chi connectivity index (χ0n) is 16.3. The van der Waals surface area contributed by atoms with Crippen molar-refractivity contribution in [2.24, 2.45) is 11.8 Å². The number of fused-ring (bicyclic) bond motifs is 3. The lowest BCUT2D eigenvalue weighted by molar-refractivity contribution is -0.0498. The molecule has 5 heteroatoms. The second-order valence-electron chi connectivity index (χ2n) is 8.00. The summed E-state index contributed by atoms with van der Waals surface area (Å²) in [5.41, 5.74) is 2.52. The van der Waals surface area contributed by atoms with Crippen LogP contribution in [0.25, 0.3) is 0 Å². The largest absolute Gasteiger partial charge is 0.435 e. The molecule has 0 radical (unpaired) electrons. The molecule has 0 unspecified atom stereocenters. The van der Waals surface area contributed by atoms with Crippen LogP contribution in [0.1, 0.15) is 54.7 Å². The maximum Gasteiger partial charge on any atom is 0.387 e. The van der Waals surface area contributed by atoms with E-state index in [9.17, 15) is 17.6 Å². The molecule has 4 atom stereocenters. The fourth-order valence-electron chi connectivity index (χ4n) is 5.46. The minimum atomic E-state index is -2.85. The molecular weight excluding hydrogens is 380 g/mol. The first-order chi connectivity index (χ1) is 14.0. The number of hydrogen-bond donors (Lipinski definition) is 0. The van der Waals surface area contributed by atoms with Crippen molar-refractivity contribution in [2.75, 3.05) is 0 Å². The summed E-state index contributed by atoms with van der Waals surface area (Å²) in [6.07, 6.45) is 7.47. The molecule has 0 bridgehead atoms. The summed E-state index contributed by atoms with van der Waals surface area (Å²) < 4.78 is 57.7. The quantitative estimate of drug-likeness (QED) is 0.394. The molecule has 2 aliphatic carbocycles. The Labute approximate surface area is 168 Å². The van der Waals surface area contributed by atoms with E-state index >= 15 is 0 Å². The van der Waals surface area contributed by atoms with E-state index in [1.165, 1.54) is 6.07 Å². The molecule has 2 aliphatic rings. The standard InChI is InChI=1S/C24H24F4O/c1-2-3-14-6-9-18-20(11-10-19-21(18)12-16(25)13-22(19)26)23(14)15-4-7-17(8-5-15)29-24(27)28/h2-5,7-8,12-14,18,20,23-24H,6,9-11H2,1H3/b3-2+/t14-,18-,20+,23-/m1/s1. The molecule has 1 fully saturated rings. The predicted molar refractivity (Wildman–Crippen MR) is 104 cm³/mol. The molecule has 1 saturated carbocycles. The van der Waals surface area contributed by atoms with Crippen molar-refractivity contribution < 1.29 is 22.3 Å². The molecule has 0 N–H and O–H groups in total. The van der Waals surface area contributed by atoms with E-state index in [1.54, 1.807) is 12.1 Å². The monoisotopic (exact) mass is 404 g/mol. The van der Waals surface area contributed by atoms with Crippen LogP contribution >= 0.6 is 0 Å². The van der Waals surface area contributed by atoms with E-state index in [-0.39, 0.29) is 23.5 Å². The van der Waals surface area contributed by atoms with Gasteiger partial charge in [0.1, 0.15) is 17.4 Å². The summed E-state index contributed by atoms with van der Waals surface area (Å²) in [4.78, 5) is 0. The molecule has 0 aliphatic heterocycles. The highest BCUT2D eigenvalue weighted by atomic mass is 19.3. The molecule has 0 aromatic heterocycles. The van der Waals surface area contributed by atoms with Crippen LogP contribution in [0, 0.1) is 23.5 Å². The first kappa shape index (κ1) is 20.0. The van der Waals surface area contributed by atoms with Gasteiger partial charge in [-0.3, -0.25) is 0 Å². The van der Waals surface area contributed by atoms with Gasteiger partial charge in [-0.1, -0.05) is 24.3 Å². The van der Waals surface area contributed by atoms with E-state index in [4.69, 9.17) is 0 Å². The van der Waals surface area contributed by atoms with Gasteiger partial charge in [-0.05, 0) is 91.2 Å². The number of alkyl halides is 2. The molecule has 2 aromatic carbocycles. The number of allylic oxidation sites excluding steroid dienone is 2. The van der Waals surface area contributed by atoms with Crippen LogP contribution in [-0.4, -0.2) is 6.61 Å². The normalized spacial score (nSPS) is 26.4. The van der Waals surface area contributed by atoms with Crippen molar-refractivity contribution in [3.63, 3.8) is 0 Å². The van der Waals surface area contributed by atoms with Crippen molar-refractivity contribution in [3.05, 3.63) is 76.9 Å². The fraction of sp³-hybridized carbons (Fsp3) is 0.417. The van der Waals surface area contributed by atoms with Gasteiger partial charge in [-0.2, -0.15) is 8.78 Å². The van der Waals surface area contributed by atoms with Gasteiger partial charge in [0, 0.05) is 6.07 Å². The van der Waals surface area contributed by atoms with Crippen molar-refractivity contribution in [3.8, 4) is 5.75 Å². The third-order valence-electron chi connectivity index (χ3n) is 6.50. The zero-order chi connectivity index (χ0) is 20.5. The summed E-state index contributed by atoms with van der Waals surface area (Å²) in [6.45, 7) is -0.862. The lowest BCUT2D eigenvalue weighted by Gasteiger charge is -2.46. The second kappa shape index (κ2) is 8.21. The number of rotatable bonds is 4. The van der Waals surface area contributed by atoms with Crippen molar-refractivity contribution in [2.45, 2.75) is 51.1 Å². The topological polar surface area (TPSA) is 9.23 Å². The number of benzene rings is 2. The van der Waals surface area contributed by atoms with Crippen LogP contribution in [0.2, 0.25) is 0 Å². The van der Waals surface area contributed by atoms with Gasteiger partial charge >= 0.3 is 6.61 Å². The Morgan fingerprint density at radius 3 is 2.48 bits per heavy atom. The Kier molecular flexibility index (Phi) is 5.66. The van der Waals surface area contributed by atoms with Crippen LogP contribution < -0.4 is 4.74 Å². The Bertz CT molecular complexity index is 890. The Morgan fingerprint density at radius 2 is 1.79 bits per heavy atom. The maximum atomic E-state index is 14.3. The lowest BCUT2D eigenvalue weighted by Crippen LogP contribution is -2.35. The van der Waals surface area contributed by atoms with Crippen LogP contribution in [0.3, 0.4) is 0 Å². The molecule has 29 heavy (non-hydrogen) atoms. The molecule has 0 amide bonds. The van der Waals surface area contributed by atoms with Gasteiger partial charge in [-0.25, -0.2) is 8.78 Å². The molecule has 0 spiro atoms. The maximum absolute atomic E-state index is 14.3. The third kappa shape index (κ3) is 3.92. The zero-order valence-corrected chi connectivity index (χ0v) is 16.3. The summed E-state index contributed by atoms with van der Waals surface area (Å²) >= 11 is 0. The third-order valence-corrected chi connectivity index (χ3v) is 6.50. The lowest BCUT2D eigenvalue weighted by atomic mass is 9.58. The molecule has 0 heterocycles. The summed E-state index contributed by atoms with van der Waals surface area (Å²) in [5.74, 6) is -0.000466. The molecule has 0 saturated heterocycles. The second-order valence-corrected chi connectivity index (χ2v) is 8.00. The van der Waals surface area contributed by atoms with Crippen molar-refractivity contribution >= 4 is 0 Å². The number of hydrogen-bond acceptors (Lipinski definition) is 1. The molecular formula is C24H24F4O. The average molecular weight is 404 g/mol. The Balaban J connectivity index is 1.70. The minimum Gasteiger partial charge on any atom is -0.435 e. The predicted octanol–water partition coefficient (Wildman–Crippen LogP) is 6.98. The van der Waals surface area contributed by atoms with Gasteiger partial charge in [-0.15, -0.1) is 0 Å². The summed E-state index contributed by atoms with van der Waals surface area (Å²) in [7, 11) is 0. The van der Waals surface area contributed by atoms with E-state index in [0.29, 0.717) is 17.9 Å². The highest BCUT2D eigenvalue weighted by Gasteiger charge is 2.43. The molecule has 2 aromatic rings. The van der Waals surface area contributed by atoms with Crippen LogP contribution in [0.4, 0.5) is 17.6 Å². The fourth-order valence-corrected chi connectivity index (χ4v) is 5.46. The number of halogens is 4. The first-order valence-corrected chi connectivity index (χ1v) is 10.1. The smallest absolute Gasteiger partial charge is 0.387 e. The molecule has 1 nitrogen and oxygen atoms in total. The van der Waals surface area contributed by atoms with Gasteiger partial charge < -0.3 is 4.74 Å². The van der Waals surface area contributed by atoms with Gasteiger partial charge in [0.15, 0.2) is 0 Å². The van der Waals surface area contributed by atoms with E-state index in [2.05, 4.69) is 10.8 Å². The highest BCUT2D eigenvalue weighted by Crippen LogP contribution is 2.54. The summed E-state index contributed by atoms with van der Waals surface area (Å²) in [6, 6.07) is 9.33. The van der Waals surface area contributed by atoms with Crippen molar-refractivity contribution in [1.29, 1.82) is 0 Å². The number of ether oxygens (including phenoxy) is 1. The van der Waals surface area contributed by atoms with E-state index < -0.39 is 18.2 Å². The minimum absolute atomic E-state index is 0.104. The van der Waals surface area contributed by atoms with Gasteiger partial charge in [0.25, 0.3) is 0 Å². The molecule has 154 valence electrons. The van der Waals surface area contributed by atoms with Gasteiger partial charge in [0.2, 0.25) is 0 Å².